The van der Waals surface area contributed by atoms with Crippen molar-refractivity contribution in [1.82, 2.24) is 24.0 Å². The quantitative estimate of drug-likeness (QED) is 0.795. The summed E-state index contributed by atoms with van der Waals surface area (Å²) in [6.45, 7) is 4.27. The van der Waals surface area contributed by atoms with Gasteiger partial charge in [0.1, 0.15) is 5.56 Å². The fraction of sp³-hybridized carbons (Fsp3) is 0.533. The summed E-state index contributed by atoms with van der Waals surface area (Å²) in [5.41, 5.74) is 2.79. The molecule has 0 atom stereocenters. The number of likely N-dealkylation sites (N-methyl/N-ethyl adjacent to an activating group) is 1. The van der Waals surface area contributed by atoms with Crippen molar-refractivity contribution in [3.63, 3.8) is 0 Å². The molecule has 3 rings (SSSR count). The van der Waals surface area contributed by atoms with Gasteiger partial charge in [0.2, 0.25) is 0 Å². The average Bonchev–Trinajstić information content (AvgIpc) is 2.92. The minimum atomic E-state index is -0.135. The van der Waals surface area contributed by atoms with Crippen LogP contribution in [0.5, 0.6) is 0 Å². The molecule has 0 fully saturated rings. The number of carbonyl (C=O) groups is 1. The third-order valence-electron chi connectivity index (χ3n) is 4.24. The predicted molar refractivity (Wildman–Crippen MR) is 83.2 cm³/mol. The summed E-state index contributed by atoms with van der Waals surface area (Å²) in [5, 5.41) is 4.18. The predicted octanol–water partition coefficient (Wildman–Crippen LogP) is 0.206. The number of aryl methyl sites for hydroxylation is 1. The largest absolute Gasteiger partial charge is 0.345 e. The van der Waals surface area contributed by atoms with Crippen molar-refractivity contribution >= 4 is 11.6 Å². The number of rotatable bonds is 2. The maximum absolute atomic E-state index is 12.7. The first kappa shape index (κ1) is 14.8. The molecule has 1 amide bonds. The van der Waals surface area contributed by atoms with E-state index in [1.165, 1.54) is 15.6 Å². The molecule has 0 N–H and O–H groups in total. The second-order valence-corrected chi connectivity index (χ2v) is 5.96. The average molecular weight is 303 g/mol. The normalized spacial score (nSPS) is 15.1. The number of aromatic nitrogens is 3. The van der Waals surface area contributed by atoms with Crippen LogP contribution in [0.25, 0.3) is 5.65 Å². The summed E-state index contributed by atoms with van der Waals surface area (Å²) in [7, 11) is 5.41. The third-order valence-corrected chi connectivity index (χ3v) is 4.24. The molecule has 22 heavy (non-hydrogen) atoms. The highest BCUT2D eigenvalue weighted by Crippen LogP contribution is 2.20. The first-order valence-electron chi connectivity index (χ1n) is 7.48. The van der Waals surface area contributed by atoms with E-state index in [-0.39, 0.29) is 11.5 Å². The molecule has 3 heterocycles. The monoisotopic (exact) mass is 303 g/mol. The molecule has 1 aliphatic heterocycles. The van der Waals surface area contributed by atoms with Crippen LogP contribution in [0.15, 0.2) is 11.0 Å². The fourth-order valence-electron chi connectivity index (χ4n) is 3.12. The van der Waals surface area contributed by atoms with E-state index in [1.807, 2.05) is 14.0 Å². The zero-order valence-electron chi connectivity index (χ0n) is 13.5. The van der Waals surface area contributed by atoms with Gasteiger partial charge in [-0.2, -0.15) is 9.61 Å². The summed E-state index contributed by atoms with van der Waals surface area (Å²) < 4.78 is 3.44. The lowest BCUT2D eigenvalue weighted by molar-refractivity contribution is 0.0829. The molecule has 7 nitrogen and oxygen atoms in total. The number of hydrogen-bond acceptors (Lipinski definition) is 4. The minimum Gasteiger partial charge on any atom is -0.345 e. The van der Waals surface area contributed by atoms with Crippen LogP contribution in [-0.4, -0.2) is 57.6 Å². The van der Waals surface area contributed by atoms with E-state index < -0.39 is 0 Å². The van der Waals surface area contributed by atoms with E-state index in [0.717, 1.165) is 24.2 Å². The molecule has 0 radical (unpaired) electrons. The van der Waals surface area contributed by atoms with Gasteiger partial charge < -0.3 is 14.4 Å². The maximum atomic E-state index is 12.7. The van der Waals surface area contributed by atoms with Crippen LogP contribution in [-0.2, 0) is 19.5 Å². The molecular weight excluding hydrogens is 282 g/mol. The van der Waals surface area contributed by atoms with Gasteiger partial charge >= 0.3 is 0 Å². The molecule has 2 aromatic rings. The molecule has 2 aromatic heterocycles. The molecule has 0 saturated heterocycles. The van der Waals surface area contributed by atoms with E-state index in [1.54, 1.807) is 14.1 Å². The Morgan fingerprint density at radius 1 is 1.41 bits per heavy atom. The number of amides is 1. The van der Waals surface area contributed by atoms with Crippen LogP contribution in [0.1, 0.15) is 28.5 Å². The number of hydrogen-bond donors (Lipinski definition) is 0. The lowest BCUT2D eigenvalue weighted by Crippen LogP contribution is -2.37. The van der Waals surface area contributed by atoms with Crippen LogP contribution in [0.4, 0.5) is 0 Å². The molecule has 0 aromatic carbocycles. The Balaban J connectivity index is 2.36. The van der Waals surface area contributed by atoms with Crippen molar-refractivity contribution in [3.8, 4) is 0 Å². The smallest absolute Gasteiger partial charge is 0.279 e. The number of fused-ring (bicyclic) bond motifs is 2. The molecule has 7 heteroatoms. The highest BCUT2D eigenvalue weighted by Gasteiger charge is 2.26. The van der Waals surface area contributed by atoms with Gasteiger partial charge in [0, 0.05) is 45.8 Å². The standard InChI is InChI=1S/C15H21N5O2/c1-5-19-12-6-7-18(4)9-11(12)15(22)20-13(19)10(8-16-20)14(21)17(2)3/h8H,5-7,9H2,1-4H3. The van der Waals surface area contributed by atoms with Gasteiger partial charge in [-0.3, -0.25) is 9.59 Å². The highest BCUT2D eigenvalue weighted by molar-refractivity contribution is 5.99. The van der Waals surface area contributed by atoms with Crippen LogP contribution in [0.2, 0.25) is 0 Å². The van der Waals surface area contributed by atoms with Gasteiger partial charge in [-0.1, -0.05) is 0 Å². The summed E-state index contributed by atoms with van der Waals surface area (Å²) in [6.07, 6.45) is 2.31. The van der Waals surface area contributed by atoms with Crippen molar-refractivity contribution in [2.45, 2.75) is 26.4 Å². The first-order valence-corrected chi connectivity index (χ1v) is 7.48. The van der Waals surface area contributed by atoms with E-state index in [2.05, 4.69) is 14.6 Å². The molecule has 0 unspecified atom stereocenters. The van der Waals surface area contributed by atoms with Crippen molar-refractivity contribution in [2.75, 3.05) is 27.7 Å². The molecule has 0 bridgehead atoms. The lowest BCUT2D eigenvalue weighted by Gasteiger charge is -2.27. The van der Waals surface area contributed by atoms with E-state index >= 15 is 0 Å². The van der Waals surface area contributed by atoms with E-state index in [9.17, 15) is 9.59 Å². The summed E-state index contributed by atoms with van der Waals surface area (Å²) >= 11 is 0. The van der Waals surface area contributed by atoms with Gasteiger partial charge in [-0.15, -0.1) is 0 Å². The second-order valence-electron chi connectivity index (χ2n) is 5.96. The SMILES string of the molecule is CCn1c2c(c(=O)n3ncc(C(=O)N(C)C)c13)CN(C)CC2. The van der Waals surface area contributed by atoms with Gasteiger partial charge in [-0.25, -0.2) is 0 Å². The van der Waals surface area contributed by atoms with Gasteiger partial charge in [-0.05, 0) is 14.0 Å². The topological polar surface area (TPSA) is 62.9 Å². The first-order chi connectivity index (χ1) is 10.5. The Hall–Kier alpha value is -2.15. The molecule has 0 spiro atoms. The van der Waals surface area contributed by atoms with Gasteiger partial charge in [0.25, 0.3) is 11.5 Å². The van der Waals surface area contributed by atoms with Crippen LogP contribution < -0.4 is 5.56 Å². The van der Waals surface area contributed by atoms with Gasteiger partial charge in [0.15, 0.2) is 5.65 Å². The van der Waals surface area contributed by atoms with Crippen molar-refractivity contribution in [3.05, 3.63) is 33.4 Å². The zero-order valence-corrected chi connectivity index (χ0v) is 13.5. The molecule has 0 aliphatic carbocycles. The van der Waals surface area contributed by atoms with Crippen molar-refractivity contribution in [1.29, 1.82) is 0 Å². The Morgan fingerprint density at radius 3 is 2.77 bits per heavy atom. The Labute approximate surface area is 128 Å². The maximum Gasteiger partial charge on any atom is 0.279 e. The van der Waals surface area contributed by atoms with Gasteiger partial charge in [0.05, 0.1) is 11.8 Å². The second kappa shape index (κ2) is 5.24. The van der Waals surface area contributed by atoms with Crippen molar-refractivity contribution in [2.24, 2.45) is 0 Å². The van der Waals surface area contributed by atoms with Crippen LogP contribution in [0.3, 0.4) is 0 Å². The molecule has 0 saturated carbocycles. The third kappa shape index (κ3) is 2.04. The minimum absolute atomic E-state index is 0.112. The molecular formula is C15H21N5O2. The summed E-state index contributed by atoms with van der Waals surface area (Å²) in [4.78, 5) is 28.7. The highest BCUT2D eigenvalue weighted by atomic mass is 16.2. The number of nitrogens with zero attached hydrogens (tertiary/aromatic N) is 5. The Morgan fingerprint density at radius 2 is 2.14 bits per heavy atom. The fourth-order valence-corrected chi connectivity index (χ4v) is 3.12. The van der Waals surface area contributed by atoms with Crippen molar-refractivity contribution < 1.29 is 4.79 Å². The molecule has 1 aliphatic rings. The van der Waals surface area contributed by atoms with Crippen LogP contribution >= 0.6 is 0 Å². The van der Waals surface area contributed by atoms with E-state index in [0.29, 0.717) is 24.3 Å². The Bertz CT molecular complexity index is 802. The zero-order chi connectivity index (χ0) is 16.0. The lowest BCUT2D eigenvalue weighted by atomic mass is 10.1. The summed E-state index contributed by atoms with van der Waals surface area (Å²) in [6, 6.07) is 0. The van der Waals surface area contributed by atoms with Crippen LogP contribution in [0, 0.1) is 0 Å². The van der Waals surface area contributed by atoms with E-state index in [4.69, 9.17) is 0 Å². The summed E-state index contributed by atoms with van der Waals surface area (Å²) in [5.74, 6) is -0.135. The number of carbonyl (C=O) groups excluding carboxylic acids is 1. The Kier molecular flexibility index (Phi) is 3.52. The molecule has 118 valence electrons.